The maximum atomic E-state index is 13.0. The molecular formula is C32H37ClN8O3S. The molecule has 1 unspecified atom stereocenters. The molecule has 0 aliphatic carbocycles. The van der Waals surface area contributed by atoms with Crippen LogP contribution in [0.2, 0.25) is 5.02 Å². The van der Waals surface area contributed by atoms with Gasteiger partial charge in [-0.1, -0.05) is 48.0 Å². The molecule has 0 saturated carbocycles. The van der Waals surface area contributed by atoms with E-state index < -0.39 is 11.0 Å². The third-order valence-corrected chi connectivity index (χ3v) is 8.05. The van der Waals surface area contributed by atoms with Gasteiger partial charge in [0.05, 0.1) is 46.6 Å². The van der Waals surface area contributed by atoms with Gasteiger partial charge in [-0.3, -0.25) is 9.52 Å². The fourth-order valence-corrected chi connectivity index (χ4v) is 5.19. The number of ether oxygens (including phenoxy) is 1. The lowest BCUT2D eigenvalue weighted by Crippen LogP contribution is -2.29. The van der Waals surface area contributed by atoms with Gasteiger partial charge in [0, 0.05) is 26.2 Å². The van der Waals surface area contributed by atoms with Gasteiger partial charge >= 0.3 is 0 Å². The number of hydrogen-bond donors (Lipinski definition) is 4. The Balaban J connectivity index is 1.61. The molecule has 13 heteroatoms. The monoisotopic (exact) mass is 648 g/mol. The van der Waals surface area contributed by atoms with E-state index in [2.05, 4.69) is 42.1 Å². The number of likely N-dealkylation sites (N-methyl/N-ethyl adjacent to an activating group) is 2. The summed E-state index contributed by atoms with van der Waals surface area (Å²) in [7, 11) is 6.01. The van der Waals surface area contributed by atoms with Crippen LogP contribution < -0.4 is 30.3 Å². The van der Waals surface area contributed by atoms with Gasteiger partial charge in [0.1, 0.15) is 21.8 Å². The van der Waals surface area contributed by atoms with Gasteiger partial charge in [-0.25, -0.2) is 9.19 Å². The molecule has 0 aliphatic heterocycles. The maximum absolute atomic E-state index is 13.0. The molecular weight excluding hydrogens is 612 g/mol. The van der Waals surface area contributed by atoms with E-state index in [0.717, 1.165) is 17.8 Å². The Bertz CT molecular complexity index is 1680. The topological polar surface area (TPSA) is 124 Å². The molecule has 3 aromatic carbocycles. The molecule has 45 heavy (non-hydrogen) atoms. The van der Waals surface area contributed by atoms with Gasteiger partial charge in [0.25, 0.3) is 0 Å². The average Bonchev–Trinajstić information content (AvgIpc) is 3.02. The summed E-state index contributed by atoms with van der Waals surface area (Å²) in [4.78, 5) is 26.0. The second-order valence-electron chi connectivity index (χ2n) is 10.4. The number of carbonyl (C=O) groups is 1. The number of aryl methyl sites for hydroxylation is 1. The first kappa shape index (κ1) is 33.2. The van der Waals surface area contributed by atoms with Crippen molar-refractivity contribution in [2.24, 2.45) is 0 Å². The van der Waals surface area contributed by atoms with Crippen molar-refractivity contribution in [1.29, 1.82) is 0 Å². The lowest BCUT2D eigenvalue weighted by molar-refractivity contribution is -0.111. The molecule has 1 heterocycles. The fourth-order valence-electron chi connectivity index (χ4n) is 4.17. The minimum absolute atomic E-state index is 0.226. The largest absolute Gasteiger partial charge is 0.494 e. The number of nitrogens with zero attached hydrogens (tertiary/aromatic N) is 4. The SMILES string of the molecule is C=CC(=O)Nc1cc(Nc2ncc(Cl)c(Nc3ccccc3NS(=O)c3ccc(C)cc3)n2)c(OC)cc1N(C)CCN(C)C. The smallest absolute Gasteiger partial charge is 0.247 e. The highest BCUT2D eigenvalue weighted by Gasteiger charge is 2.17. The minimum atomic E-state index is -1.49. The Morgan fingerprint density at radius 3 is 2.38 bits per heavy atom. The number of halogens is 1. The second kappa shape index (κ2) is 15.4. The molecule has 1 aromatic heterocycles. The number of carbonyl (C=O) groups excluding carboxylic acids is 1. The van der Waals surface area contributed by atoms with E-state index in [1.165, 1.54) is 12.3 Å². The molecule has 0 fully saturated rings. The molecule has 0 bridgehead atoms. The van der Waals surface area contributed by atoms with E-state index in [1.54, 1.807) is 13.2 Å². The Kier molecular flexibility index (Phi) is 11.4. The van der Waals surface area contributed by atoms with E-state index >= 15 is 0 Å². The number of methoxy groups -OCH3 is 1. The van der Waals surface area contributed by atoms with Crippen LogP contribution in [0.1, 0.15) is 5.56 Å². The van der Waals surface area contributed by atoms with Gasteiger partial charge in [-0.2, -0.15) is 4.98 Å². The zero-order chi connectivity index (χ0) is 32.5. The molecule has 236 valence electrons. The van der Waals surface area contributed by atoms with Crippen LogP contribution in [-0.2, 0) is 15.8 Å². The van der Waals surface area contributed by atoms with E-state index in [-0.39, 0.29) is 16.9 Å². The van der Waals surface area contributed by atoms with Crippen molar-refractivity contribution >= 4 is 68.7 Å². The highest BCUT2D eigenvalue weighted by atomic mass is 35.5. The first-order valence-electron chi connectivity index (χ1n) is 14.0. The molecule has 1 amide bonds. The lowest BCUT2D eigenvalue weighted by Gasteiger charge is -2.26. The predicted molar refractivity (Wildman–Crippen MR) is 185 cm³/mol. The van der Waals surface area contributed by atoms with Crippen molar-refractivity contribution in [3.63, 3.8) is 0 Å². The normalized spacial score (nSPS) is 11.4. The number of aromatic nitrogens is 2. The fraction of sp³-hybridized carbons (Fsp3) is 0.219. The lowest BCUT2D eigenvalue weighted by atomic mass is 10.2. The Morgan fingerprint density at radius 1 is 1.00 bits per heavy atom. The number of anilines is 7. The Morgan fingerprint density at radius 2 is 1.71 bits per heavy atom. The summed E-state index contributed by atoms with van der Waals surface area (Å²) in [5.41, 5.74) is 4.13. The first-order chi connectivity index (χ1) is 21.6. The number of benzene rings is 3. The Hall–Kier alpha value is -4.65. The summed E-state index contributed by atoms with van der Waals surface area (Å²) in [5, 5.41) is 9.57. The first-order valence-corrected chi connectivity index (χ1v) is 15.5. The van der Waals surface area contributed by atoms with Crippen LogP contribution in [0.4, 0.5) is 40.2 Å². The van der Waals surface area contributed by atoms with Gasteiger partial charge in [0.15, 0.2) is 5.82 Å². The zero-order valence-corrected chi connectivity index (χ0v) is 27.4. The van der Waals surface area contributed by atoms with Crippen LogP contribution in [0.3, 0.4) is 0 Å². The predicted octanol–water partition coefficient (Wildman–Crippen LogP) is 6.19. The molecule has 4 rings (SSSR count). The van der Waals surface area contributed by atoms with Crippen LogP contribution in [-0.4, -0.2) is 66.3 Å². The van der Waals surface area contributed by atoms with Crippen LogP contribution >= 0.6 is 11.6 Å². The van der Waals surface area contributed by atoms with Crippen molar-refractivity contribution < 1.29 is 13.7 Å². The number of hydrogen-bond acceptors (Lipinski definition) is 9. The molecule has 4 N–H and O–H groups in total. The third kappa shape index (κ3) is 8.94. The average molecular weight is 649 g/mol. The highest BCUT2D eigenvalue weighted by molar-refractivity contribution is 7.86. The van der Waals surface area contributed by atoms with Crippen molar-refractivity contribution in [2.45, 2.75) is 11.8 Å². The second-order valence-corrected chi connectivity index (χ2v) is 12.0. The molecule has 1 atom stereocenters. The van der Waals surface area contributed by atoms with Crippen molar-refractivity contribution in [3.8, 4) is 5.75 Å². The van der Waals surface area contributed by atoms with E-state index in [1.807, 2.05) is 87.6 Å². The van der Waals surface area contributed by atoms with Gasteiger partial charge in [-0.05, 0) is 57.4 Å². The van der Waals surface area contributed by atoms with E-state index in [0.29, 0.717) is 45.8 Å². The quantitative estimate of drug-likeness (QED) is 0.119. The standard InChI is InChI=1S/C32H37ClN8O3S/c1-7-30(42)35-26-18-27(29(44-6)19-28(26)41(5)17-16-40(3)4)37-32-34-20-23(33)31(38-32)36-24-10-8-9-11-25(24)39-45(43)22-14-12-21(2)13-15-22/h7-15,18-20,39H,1,16-17H2,2-6H3,(H,35,42)(H2,34,36,37,38). The van der Waals surface area contributed by atoms with Crippen molar-refractivity contribution in [1.82, 2.24) is 14.9 Å². The third-order valence-electron chi connectivity index (χ3n) is 6.66. The molecule has 4 aromatic rings. The van der Waals surface area contributed by atoms with Gasteiger partial charge < -0.3 is 30.5 Å². The van der Waals surface area contributed by atoms with E-state index in [9.17, 15) is 9.00 Å². The van der Waals surface area contributed by atoms with Crippen LogP contribution in [0.5, 0.6) is 5.75 Å². The molecule has 0 radical (unpaired) electrons. The molecule has 0 saturated heterocycles. The summed E-state index contributed by atoms with van der Waals surface area (Å²) in [6.07, 6.45) is 2.68. The zero-order valence-electron chi connectivity index (χ0n) is 25.8. The summed E-state index contributed by atoms with van der Waals surface area (Å²) < 4.78 is 21.8. The van der Waals surface area contributed by atoms with Crippen LogP contribution in [0.15, 0.2) is 84.4 Å². The number of rotatable bonds is 14. The van der Waals surface area contributed by atoms with Crippen LogP contribution in [0, 0.1) is 6.92 Å². The Labute approximate surface area is 271 Å². The van der Waals surface area contributed by atoms with Crippen LogP contribution in [0.25, 0.3) is 0 Å². The highest BCUT2D eigenvalue weighted by Crippen LogP contribution is 2.38. The number of nitrogens with one attached hydrogen (secondary N) is 4. The number of amides is 1. The van der Waals surface area contributed by atoms with Crippen molar-refractivity contribution in [2.75, 3.05) is 66.9 Å². The summed E-state index contributed by atoms with van der Waals surface area (Å²) in [5.74, 6) is 0.713. The van der Waals surface area contributed by atoms with E-state index in [4.69, 9.17) is 16.3 Å². The number of para-hydroxylation sites is 2. The summed E-state index contributed by atoms with van der Waals surface area (Å²) >= 11 is 6.50. The molecule has 11 nitrogen and oxygen atoms in total. The van der Waals surface area contributed by atoms with Gasteiger partial charge in [-0.15, -0.1) is 0 Å². The molecule has 0 spiro atoms. The molecule has 0 aliphatic rings. The summed E-state index contributed by atoms with van der Waals surface area (Å²) in [6.45, 7) is 7.07. The van der Waals surface area contributed by atoms with Crippen molar-refractivity contribution in [3.05, 3.63) is 90.1 Å². The maximum Gasteiger partial charge on any atom is 0.247 e. The van der Waals surface area contributed by atoms with Gasteiger partial charge in [0.2, 0.25) is 11.9 Å². The minimum Gasteiger partial charge on any atom is -0.494 e. The summed E-state index contributed by atoms with van der Waals surface area (Å²) in [6, 6.07) is 18.4.